The molecule has 74 valence electrons. The zero-order chi connectivity index (χ0) is 10.1. The molecule has 0 aromatic rings. The maximum Gasteiger partial charge on any atom is 0.349 e. The summed E-state index contributed by atoms with van der Waals surface area (Å²) >= 11 is 0. The summed E-state index contributed by atoms with van der Waals surface area (Å²) in [6.07, 6.45) is 2.78. The Kier molecular flexibility index (Phi) is 6.84. The van der Waals surface area contributed by atoms with Crippen molar-refractivity contribution in [2.45, 2.75) is 12.5 Å². The molecule has 0 aromatic heterocycles. The van der Waals surface area contributed by atoms with Gasteiger partial charge in [-0.15, -0.1) is 0 Å². The van der Waals surface area contributed by atoms with Crippen molar-refractivity contribution in [3.8, 4) is 0 Å². The summed E-state index contributed by atoms with van der Waals surface area (Å²) in [6.45, 7) is 0.393. The van der Waals surface area contributed by atoms with E-state index in [1.807, 2.05) is 0 Å². The summed E-state index contributed by atoms with van der Waals surface area (Å²) < 4.78 is 4.73. The molecule has 0 aliphatic heterocycles. The number of hydrogen-bond donors (Lipinski definition) is 1. The third-order valence-electron chi connectivity index (χ3n) is 1.21. The summed E-state index contributed by atoms with van der Waals surface area (Å²) in [7, 11) is 1.10. The van der Waals surface area contributed by atoms with E-state index in [1.54, 1.807) is 0 Å². The SMILES string of the molecule is NOC(=O)C=CC(=O)OCCC[SiH3]. The predicted octanol–water partition coefficient (Wildman–Crippen LogP) is -1.32. The van der Waals surface area contributed by atoms with E-state index in [1.165, 1.54) is 0 Å². The van der Waals surface area contributed by atoms with Crippen LogP contribution < -0.4 is 5.90 Å². The number of esters is 1. The normalized spacial score (nSPS) is 10.2. The second kappa shape index (κ2) is 7.50. The van der Waals surface area contributed by atoms with Gasteiger partial charge in [-0.1, -0.05) is 6.04 Å². The molecule has 0 aliphatic carbocycles. The van der Waals surface area contributed by atoms with Gasteiger partial charge in [0.2, 0.25) is 0 Å². The Labute approximate surface area is 79.3 Å². The molecule has 0 heterocycles. The Balaban J connectivity index is 3.61. The number of carbonyl (C=O) groups excluding carboxylic acids is 2. The fourth-order valence-electron chi connectivity index (χ4n) is 0.541. The van der Waals surface area contributed by atoms with Crippen molar-refractivity contribution >= 4 is 22.2 Å². The van der Waals surface area contributed by atoms with Crippen molar-refractivity contribution in [3.63, 3.8) is 0 Å². The lowest BCUT2D eigenvalue weighted by atomic mass is 10.5. The highest BCUT2D eigenvalue weighted by atomic mass is 28.1. The van der Waals surface area contributed by atoms with Crippen LogP contribution in [0.5, 0.6) is 0 Å². The van der Waals surface area contributed by atoms with E-state index in [-0.39, 0.29) is 0 Å². The molecule has 0 bridgehead atoms. The fourth-order valence-corrected chi connectivity index (χ4v) is 0.829. The lowest BCUT2D eigenvalue weighted by Crippen LogP contribution is -2.08. The molecule has 0 rings (SSSR count). The van der Waals surface area contributed by atoms with Gasteiger partial charge < -0.3 is 9.57 Å². The number of nitrogens with two attached hydrogens (primary N) is 1. The first-order valence-electron chi connectivity index (χ1n) is 3.96. The van der Waals surface area contributed by atoms with Gasteiger partial charge in [0.25, 0.3) is 0 Å². The van der Waals surface area contributed by atoms with Gasteiger partial charge in [0.1, 0.15) is 0 Å². The van der Waals surface area contributed by atoms with E-state index in [9.17, 15) is 9.59 Å². The van der Waals surface area contributed by atoms with Gasteiger partial charge in [-0.25, -0.2) is 9.59 Å². The first kappa shape index (κ1) is 11.9. The Hall–Kier alpha value is -1.14. The summed E-state index contributed by atoms with van der Waals surface area (Å²) in [5.41, 5.74) is 0. The van der Waals surface area contributed by atoms with E-state index in [2.05, 4.69) is 10.7 Å². The second-order valence-electron chi connectivity index (χ2n) is 2.29. The molecule has 6 heteroatoms. The Bertz CT molecular complexity index is 205. The fraction of sp³-hybridized carbons (Fsp3) is 0.429. The monoisotopic (exact) mass is 203 g/mol. The van der Waals surface area contributed by atoms with E-state index < -0.39 is 11.9 Å². The molecule has 0 atom stereocenters. The van der Waals surface area contributed by atoms with Crippen LogP contribution in [0.25, 0.3) is 0 Å². The van der Waals surface area contributed by atoms with Crippen molar-refractivity contribution in [1.29, 1.82) is 0 Å². The Morgan fingerprint density at radius 2 is 1.92 bits per heavy atom. The minimum atomic E-state index is -0.778. The molecule has 0 radical (unpaired) electrons. The maximum absolute atomic E-state index is 10.8. The standard InChI is InChI=1S/C7H13NO4Si/c8-12-7(10)3-2-6(9)11-4-1-5-13/h2-3H,1,4-5,8H2,13H3. The Morgan fingerprint density at radius 3 is 2.46 bits per heavy atom. The highest BCUT2D eigenvalue weighted by Crippen LogP contribution is 1.88. The maximum atomic E-state index is 10.8. The minimum absolute atomic E-state index is 0.393. The molecule has 0 aromatic carbocycles. The van der Waals surface area contributed by atoms with Crippen molar-refractivity contribution in [1.82, 2.24) is 0 Å². The number of ether oxygens (including phenoxy) is 1. The van der Waals surface area contributed by atoms with Gasteiger partial charge in [0.15, 0.2) is 0 Å². The van der Waals surface area contributed by atoms with Crippen LogP contribution in [-0.2, 0) is 19.2 Å². The predicted molar refractivity (Wildman–Crippen MR) is 49.7 cm³/mol. The third kappa shape index (κ3) is 7.23. The average Bonchev–Trinajstić information content (AvgIpc) is 2.14. The van der Waals surface area contributed by atoms with Gasteiger partial charge >= 0.3 is 11.9 Å². The average molecular weight is 203 g/mol. The van der Waals surface area contributed by atoms with Crippen molar-refractivity contribution in [2.75, 3.05) is 6.61 Å². The molecular weight excluding hydrogens is 190 g/mol. The van der Waals surface area contributed by atoms with Crippen molar-refractivity contribution in [3.05, 3.63) is 12.2 Å². The summed E-state index contributed by atoms with van der Waals surface area (Å²) in [4.78, 5) is 25.0. The van der Waals surface area contributed by atoms with E-state index in [4.69, 9.17) is 4.74 Å². The molecule has 0 saturated carbocycles. The molecule has 0 unspecified atom stereocenters. The smallest absolute Gasteiger partial charge is 0.349 e. The molecule has 5 nitrogen and oxygen atoms in total. The molecule has 0 aliphatic rings. The van der Waals surface area contributed by atoms with Crippen LogP contribution in [0.15, 0.2) is 12.2 Å². The van der Waals surface area contributed by atoms with Gasteiger partial charge in [-0.2, -0.15) is 5.90 Å². The van der Waals surface area contributed by atoms with Crippen molar-refractivity contribution < 1.29 is 19.2 Å². The zero-order valence-electron chi connectivity index (χ0n) is 7.49. The molecule has 13 heavy (non-hydrogen) atoms. The molecule has 2 N–H and O–H groups in total. The third-order valence-corrected chi connectivity index (χ3v) is 1.92. The van der Waals surface area contributed by atoms with Gasteiger partial charge in [-0.3, -0.25) is 0 Å². The number of carbonyl (C=O) groups is 2. The van der Waals surface area contributed by atoms with Crippen LogP contribution in [0.1, 0.15) is 6.42 Å². The highest BCUT2D eigenvalue weighted by molar-refractivity contribution is 6.08. The van der Waals surface area contributed by atoms with Crippen LogP contribution in [0, 0.1) is 0 Å². The number of rotatable bonds is 5. The van der Waals surface area contributed by atoms with Gasteiger partial charge in [0, 0.05) is 22.4 Å². The topological polar surface area (TPSA) is 78.6 Å². The first-order valence-corrected chi connectivity index (χ1v) is 5.37. The van der Waals surface area contributed by atoms with Crippen LogP contribution in [-0.4, -0.2) is 28.8 Å². The van der Waals surface area contributed by atoms with Gasteiger partial charge in [-0.05, 0) is 6.42 Å². The summed E-state index contributed by atoms with van der Waals surface area (Å²) in [6, 6.07) is 1.09. The molecule has 0 saturated heterocycles. The largest absolute Gasteiger partial charge is 0.463 e. The quantitative estimate of drug-likeness (QED) is 0.197. The van der Waals surface area contributed by atoms with E-state index in [0.717, 1.165) is 34.9 Å². The molecule has 0 spiro atoms. The highest BCUT2D eigenvalue weighted by Gasteiger charge is 1.98. The summed E-state index contributed by atoms with van der Waals surface area (Å²) in [5, 5.41) is 0. The van der Waals surface area contributed by atoms with Crippen LogP contribution in [0.2, 0.25) is 6.04 Å². The van der Waals surface area contributed by atoms with E-state index in [0.29, 0.717) is 6.61 Å². The van der Waals surface area contributed by atoms with Gasteiger partial charge in [0.05, 0.1) is 6.61 Å². The lowest BCUT2D eigenvalue weighted by Gasteiger charge is -1.98. The molecule has 0 fully saturated rings. The first-order chi connectivity index (χ1) is 6.20. The zero-order valence-corrected chi connectivity index (χ0v) is 9.49. The second-order valence-corrected chi connectivity index (χ2v) is 3.29. The van der Waals surface area contributed by atoms with Crippen molar-refractivity contribution in [2.24, 2.45) is 5.90 Å². The number of hydrogen-bond acceptors (Lipinski definition) is 5. The molecule has 0 amide bonds. The Morgan fingerprint density at radius 1 is 1.31 bits per heavy atom. The van der Waals surface area contributed by atoms with Crippen LogP contribution in [0.3, 0.4) is 0 Å². The van der Waals surface area contributed by atoms with Crippen LogP contribution >= 0.6 is 0 Å². The minimum Gasteiger partial charge on any atom is -0.463 e. The molecular formula is C7H13NO4Si. The lowest BCUT2D eigenvalue weighted by molar-refractivity contribution is -0.140. The van der Waals surface area contributed by atoms with Crippen LogP contribution in [0.4, 0.5) is 0 Å². The van der Waals surface area contributed by atoms with E-state index >= 15 is 0 Å². The summed E-state index contributed by atoms with van der Waals surface area (Å²) in [5.74, 6) is 3.20.